The van der Waals surface area contributed by atoms with Crippen molar-refractivity contribution in [2.45, 2.75) is 127 Å². The average Bonchev–Trinajstić information content (AvgIpc) is 0.991. The summed E-state index contributed by atoms with van der Waals surface area (Å²) in [5.41, 5.74) is 21.7. The number of benzene rings is 8. The second-order valence-electron chi connectivity index (χ2n) is 36.8. The summed E-state index contributed by atoms with van der Waals surface area (Å²) in [6, 6.07) is 41.2. The van der Waals surface area contributed by atoms with Gasteiger partial charge in [0.1, 0.15) is 96.9 Å². The SMILES string of the molecule is C[C@@H]1C(=O)NN=C2COc3cc(-c4ccccc4F)c(N(C)[C@@]4(C)CCN(C)C4)cc3N21.C[C@@H]1C(=O)NN=C2COc3cc(-c4ccccc4F)c(N(C)[C@]4(C)CCN(C)C4)cc3N21.C[C@H]1C(=O)NN=C2COc3cc(-c4ccccc4F)c(N(C)[C@@]4(C)CCN(C)C4)cc3N21.C[C@H]1C(=O)NN=C2COc3cc(-c4ccccc4F)c(N(C)[C@]4(C)CCN(C)C4)cc3N21. The normalized spacial score (nSPS) is 24.9. The number of rotatable bonds is 12. The number of hydrazone groups is 4. The molecule has 0 bridgehead atoms. The van der Waals surface area contributed by atoms with Gasteiger partial charge in [-0.2, -0.15) is 20.4 Å². The Labute approximate surface area is 744 Å². The molecule has 8 atom stereocenters. The number of halogens is 4. The lowest BCUT2D eigenvalue weighted by atomic mass is 9.94. The number of hydrogen-bond acceptors (Lipinski definition) is 24. The van der Waals surface area contributed by atoms with Crippen LogP contribution in [0.2, 0.25) is 0 Å². The average molecular weight is 1750 g/mol. The molecule has 672 valence electrons. The molecule has 4 fully saturated rings. The lowest BCUT2D eigenvalue weighted by molar-refractivity contribution is -0.123. The Kier molecular flexibility index (Phi) is 23.4. The van der Waals surface area contributed by atoms with Gasteiger partial charge in [0.2, 0.25) is 0 Å². The van der Waals surface area contributed by atoms with Gasteiger partial charge in [0, 0.05) is 148 Å². The third-order valence-electron chi connectivity index (χ3n) is 28.0. The molecule has 8 aromatic rings. The summed E-state index contributed by atoms with van der Waals surface area (Å²) in [7, 11) is 16.7. The van der Waals surface area contributed by atoms with Gasteiger partial charge in [0.25, 0.3) is 23.6 Å². The van der Waals surface area contributed by atoms with E-state index in [-0.39, 0.29) is 95.5 Å². The topological polar surface area (TPSA) is 242 Å². The van der Waals surface area contributed by atoms with E-state index in [1.54, 1.807) is 48.5 Å². The third kappa shape index (κ3) is 16.0. The first-order chi connectivity index (χ1) is 61.1. The fourth-order valence-corrected chi connectivity index (χ4v) is 19.9. The Morgan fingerprint density at radius 2 is 0.516 bits per heavy atom. The Morgan fingerprint density at radius 1 is 0.320 bits per heavy atom. The number of fused-ring (bicyclic) bond motifs is 12. The van der Waals surface area contributed by atoms with Gasteiger partial charge in [-0.25, -0.2) is 39.3 Å². The van der Waals surface area contributed by atoms with Crippen molar-refractivity contribution in [2.24, 2.45) is 20.4 Å². The molecule has 128 heavy (non-hydrogen) atoms. The molecular formula is C96H112F4N20O8. The molecule has 8 aromatic carbocycles. The van der Waals surface area contributed by atoms with Crippen LogP contribution in [-0.4, -0.2) is 248 Å². The molecule has 12 heterocycles. The number of carbonyl (C=O) groups is 4. The van der Waals surface area contributed by atoms with Gasteiger partial charge >= 0.3 is 0 Å². The van der Waals surface area contributed by atoms with Gasteiger partial charge in [-0.1, -0.05) is 72.8 Å². The largest absolute Gasteiger partial charge is 0.483 e. The van der Waals surface area contributed by atoms with Crippen molar-refractivity contribution in [3.63, 3.8) is 0 Å². The maximum Gasteiger partial charge on any atom is 0.262 e. The molecule has 0 radical (unpaired) electrons. The van der Waals surface area contributed by atoms with Gasteiger partial charge in [-0.15, -0.1) is 0 Å². The predicted octanol–water partition coefficient (Wildman–Crippen LogP) is 12.2. The quantitative estimate of drug-likeness (QED) is 0.0831. The molecule has 28 nitrogen and oxygen atoms in total. The number of amides is 4. The highest BCUT2D eigenvalue weighted by Crippen LogP contribution is 2.53. The number of nitrogens with one attached hydrogen (secondary N) is 4. The van der Waals surface area contributed by atoms with Crippen molar-refractivity contribution in [1.82, 2.24) is 41.3 Å². The summed E-state index contributed by atoms with van der Waals surface area (Å²) in [5, 5.41) is 16.8. The number of nitrogens with zero attached hydrogens (tertiary/aromatic N) is 16. The van der Waals surface area contributed by atoms with E-state index >= 15 is 0 Å². The van der Waals surface area contributed by atoms with Crippen molar-refractivity contribution in [3.8, 4) is 67.5 Å². The highest BCUT2D eigenvalue weighted by molar-refractivity contribution is 6.14. The lowest BCUT2D eigenvalue weighted by Crippen LogP contribution is -2.55. The Hall–Kier alpha value is -12.5. The number of carbonyl (C=O) groups excluding carboxylic acids is 4. The molecular weight excluding hydrogens is 1640 g/mol. The number of likely N-dealkylation sites (tertiary alicyclic amines) is 4. The fourth-order valence-electron chi connectivity index (χ4n) is 19.9. The van der Waals surface area contributed by atoms with Crippen molar-refractivity contribution >= 4 is 92.5 Å². The maximum atomic E-state index is 14.9. The molecule has 0 spiro atoms. The van der Waals surface area contributed by atoms with Crippen LogP contribution in [-0.2, 0) is 19.2 Å². The monoisotopic (exact) mass is 1750 g/mol. The third-order valence-corrected chi connectivity index (χ3v) is 28.0. The van der Waals surface area contributed by atoms with E-state index in [1.165, 1.54) is 24.3 Å². The van der Waals surface area contributed by atoms with E-state index in [1.807, 2.05) is 120 Å². The first kappa shape index (κ1) is 87.5. The smallest absolute Gasteiger partial charge is 0.262 e. The van der Waals surface area contributed by atoms with E-state index in [0.29, 0.717) is 68.6 Å². The summed E-state index contributed by atoms with van der Waals surface area (Å²) >= 11 is 0. The Balaban J connectivity index is 0.000000120. The zero-order valence-corrected chi connectivity index (χ0v) is 75.4. The summed E-state index contributed by atoms with van der Waals surface area (Å²) < 4.78 is 83.7. The second-order valence-corrected chi connectivity index (χ2v) is 36.8. The van der Waals surface area contributed by atoms with Gasteiger partial charge in [0.05, 0.1) is 44.9 Å². The van der Waals surface area contributed by atoms with Crippen LogP contribution in [0.25, 0.3) is 44.5 Å². The van der Waals surface area contributed by atoms with Gasteiger partial charge in [-0.05, 0) is 182 Å². The van der Waals surface area contributed by atoms with Crippen LogP contribution in [0, 0.1) is 23.3 Å². The van der Waals surface area contributed by atoms with Gasteiger partial charge in [0.15, 0.2) is 23.3 Å². The Bertz CT molecular complexity index is 5180. The molecule has 0 aliphatic carbocycles. The van der Waals surface area contributed by atoms with E-state index in [0.717, 1.165) is 146 Å². The number of likely N-dealkylation sites (N-methyl/N-ethyl adjacent to an activating group) is 8. The van der Waals surface area contributed by atoms with Crippen LogP contribution < -0.4 is 79.8 Å². The van der Waals surface area contributed by atoms with Crippen LogP contribution in [0.15, 0.2) is 166 Å². The van der Waals surface area contributed by atoms with E-state index in [2.05, 4.69) is 165 Å². The minimum Gasteiger partial charge on any atom is -0.483 e. The van der Waals surface area contributed by atoms with Crippen molar-refractivity contribution in [1.29, 1.82) is 0 Å². The van der Waals surface area contributed by atoms with E-state index < -0.39 is 24.2 Å². The highest BCUT2D eigenvalue weighted by atomic mass is 19.1. The number of anilines is 8. The number of ether oxygens (including phenoxy) is 4. The number of hydrogen-bond donors (Lipinski definition) is 4. The van der Waals surface area contributed by atoms with Crippen molar-refractivity contribution in [3.05, 3.63) is 169 Å². The summed E-state index contributed by atoms with van der Waals surface area (Å²) in [6.45, 7) is 24.9. The van der Waals surface area contributed by atoms with Crippen LogP contribution in [0.5, 0.6) is 23.0 Å². The van der Waals surface area contributed by atoms with Gasteiger partial charge in [-0.3, -0.25) is 19.2 Å². The van der Waals surface area contributed by atoms with Crippen molar-refractivity contribution in [2.75, 3.05) is 174 Å². The zero-order chi connectivity index (χ0) is 90.5. The minimum atomic E-state index is -0.421. The Morgan fingerprint density at radius 3 is 0.695 bits per heavy atom. The molecule has 0 unspecified atom stereocenters. The molecule has 4 amide bonds. The molecule has 20 rings (SSSR count). The zero-order valence-electron chi connectivity index (χ0n) is 75.4. The lowest BCUT2D eigenvalue weighted by Gasteiger charge is -2.42. The van der Waals surface area contributed by atoms with Crippen molar-refractivity contribution < 1.29 is 55.7 Å². The van der Waals surface area contributed by atoms with Crippen LogP contribution in [0.1, 0.15) is 81.1 Å². The second kappa shape index (κ2) is 34.2. The molecule has 0 saturated carbocycles. The highest BCUT2D eigenvalue weighted by Gasteiger charge is 2.47. The van der Waals surface area contributed by atoms with Crippen LogP contribution >= 0.6 is 0 Å². The fraction of sp³-hybridized carbons (Fsp3) is 0.417. The molecule has 4 N–H and O–H groups in total. The standard InChI is InChI=1S/4C24H28FN5O2/c4*1-15-23(31)27-26-22-13-32-21-11-17(16-7-5-6-8-18(16)25)19(12-20(21)30(15)22)29(4)24(2)9-10-28(3)14-24/h4*5-8,11-12,15H,9-10,13-14H2,1-4H3,(H,27,31)/t2*15-,24+;2*15-,24-/m1010/s1. The summed E-state index contributed by atoms with van der Waals surface area (Å²) in [5.74, 6) is 3.32. The molecule has 4 saturated heterocycles. The first-order valence-electron chi connectivity index (χ1n) is 43.7. The maximum absolute atomic E-state index is 14.9. The van der Waals surface area contributed by atoms with E-state index in [4.69, 9.17) is 18.9 Å². The van der Waals surface area contributed by atoms with Crippen LogP contribution in [0.3, 0.4) is 0 Å². The molecule has 12 aliphatic heterocycles. The van der Waals surface area contributed by atoms with Gasteiger partial charge < -0.3 is 77.7 Å². The van der Waals surface area contributed by atoms with E-state index in [9.17, 15) is 36.7 Å². The molecule has 32 heteroatoms. The first-order valence-corrected chi connectivity index (χ1v) is 43.7. The number of amidine groups is 4. The summed E-state index contributed by atoms with van der Waals surface area (Å²) in [4.78, 5) is 75.3. The minimum absolute atomic E-state index is 0.111. The molecule has 12 aliphatic rings. The predicted molar refractivity (Wildman–Crippen MR) is 495 cm³/mol. The van der Waals surface area contributed by atoms with Crippen LogP contribution in [0.4, 0.5) is 63.1 Å². The molecule has 0 aromatic heterocycles. The summed E-state index contributed by atoms with van der Waals surface area (Å²) in [6.07, 6.45) is 4.00.